The van der Waals surface area contributed by atoms with Crippen molar-refractivity contribution in [3.8, 4) is 5.75 Å². The van der Waals surface area contributed by atoms with Crippen molar-refractivity contribution in [1.82, 2.24) is 0 Å². The van der Waals surface area contributed by atoms with Crippen LogP contribution in [0.25, 0.3) is 10.8 Å². The summed E-state index contributed by atoms with van der Waals surface area (Å²) in [4.78, 5) is 11.3. The summed E-state index contributed by atoms with van der Waals surface area (Å²) in [5.74, 6) is -1.49. The summed E-state index contributed by atoms with van der Waals surface area (Å²) in [6.07, 6.45) is 0. The second kappa shape index (κ2) is 13.2. The summed E-state index contributed by atoms with van der Waals surface area (Å²) < 4.78 is 67.8. The standard InChI is InChI=1S/C25H21N3O8S2.2Na/c1-14-8-9-15(2)19(10-14)27-28-23-21(38(34,35)36)12-17-11-18(37(31,32)33)13-20(22(17)24(23)29)26-25(30)16-6-4-3-5-7-16;;/h3-13,29H,1-2H3,(H,26,30)(H,31,32,33)(H,34,35,36);;. The largest absolute Gasteiger partial charge is 0.505 e. The Kier molecular flexibility index (Phi) is 11.2. The van der Waals surface area contributed by atoms with Crippen LogP contribution in [0.5, 0.6) is 5.75 Å². The minimum Gasteiger partial charge on any atom is -0.505 e. The van der Waals surface area contributed by atoms with Gasteiger partial charge in [0.15, 0.2) is 5.75 Å². The number of aryl methyl sites for hydroxylation is 2. The molecule has 15 heteroatoms. The minimum absolute atomic E-state index is 0. The number of nitrogens with zero attached hydrogens (tertiary/aromatic N) is 2. The van der Waals surface area contributed by atoms with Gasteiger partial charge >= 0.3 is 0 Å². The van der Waals surface area contributed by atoms with Crippen molar-refractivity contribution in [3.63, 3.8) is 0 Å². The molecule has 4 rings (SSSR count). The van der Waals surface area contributed by atoms with Crippen molar-refractivity contribution in [2.45, 2.75) is 23.6 Å². The third kappa shape index (κ3) is 7.56. The number of benzene rings is 4. The van der Waals surface area contributed by atoms with Gasteiger partial charge in [0.25, 0.3) is 26.1 Å². The number of anilines is 1. The molecule has 0 saturated carbocycles. The van der Waals surface area contributed by atoms with Gasteiger partial charge in [0.2, 0.25) is 0 Å². The summed E-state index contributed by atoms with van der Waals surface area (Å²) >= 11 is 0. The Morgan fingerprint density at radius 2 is 1.48 bits per heavy atom. The zero-order valence-corrected chi connectivity index (χ0v) is 27.6. The number of carbonyl (C=O) groups is 1. The van der Waals surface area contributed by atoms with Crippen LogP contribution >= 0.6 is 0 Å². The molecule has 0 aliphatic rings. The predicted molar refractivity (Wildman–Crippen MR) is 151 cm³/mol. The summed E-state index contributed by atoms with van der Waals surface area (Å²) in [6.45, 7) is 3.55. The molecule has 0 atom stereocenters. The van der Waals surface area contributed by atoms with Crippen molar-refractivity contribution >= 4 is 113 Å². The van der Waals surface area contributed by atoms with E-state index in [1.807, 2.05) is 13.0 Å². The fraction of sp³-hybridized carbons (Fsp3) is 0.0800. The van der Waals surface area contributed by atoms with Crippen LogP contribution in [0.2, 0.25) is 0 Å². The number of hydrogen-bond donors (Lipinski definition) is 4. The van der Waals surface area contributed by atoms with Gasteiger partial charge in [-0.15, -0.1) is 5.11 Å². The summed E-state index contributed by atoms with van der Waals surface area (Å²) in [5, 5.41) is 21.1. The van der Waals surface area contributed by atoms with Crippen LogP contribution in [-0.4, -0.2) is 96.1 Å². The molecule has 0 unspecified atom stereocenters. The number of azo groups is 1. The average Bonchev–Trinajstić information content (AvgIpc) is 2.84. The van der Waals surface area contributed by atoms with E-state index < -0.39 is 47.4 Å². The van der Waals surface area contributed by atoms with Crippen LogP contribution in [0.15, 0.2) is 86.7 Å². The van der Waals surface area contributed by atoms with Crippen molar-refractivity contribution in [2.75, 3.05) is 5.32 Å². The Hall–Kier alpha value is -2.17. The number of phenolic OH excluding ortho intramolecular Hbond substituents is 1. The monoisotopic (exact) mass is 601 g/mol. The van der Waals surface area contributed by atoms with E-state index in [-0.39, 0.29) is 81.1 Å². The maximum atomic E-state index is 12.8. The molecule has 4 aromatic carbocycles. The van der Waals surface area contributed by atoms with E-state index in [0.717, 1.165) is 23.8 Å². The molecule has 40 heavy (non-hydrogen) atoms. The Balaban J connectivity index is 0.00000280. The van der Waals surface area contributed by atoms with Gasteiger partial charge in [0, 0.05) is 70.1 Å². The second-order valence-electron chi connectivity index (χ2n) is 8.40. The van der Waals surface area contributed by atoms with Gasteiger partial charge < -0.3 is 10.4 Å². The summed E-state index contributed by atoms with van der Waals surface area (Å²) in [7, 11) is -9.84. The van der Waals surface area contributed by atoms with E-state index in [4.69, 9.17) is 0 Å². The van der Waals surface area contributed by atoms with Crippen LogP contribution in [-0.2, 0) is 20.2 Å². The Bertz CT molecular complexity index is 1850. The van der Waals surface area contributed by atoms with Crippen molar-refractivity contribution < 1.29 is 35.8 Å². The molecular formula is C25H21N3Na2O8S2. The first-order chi connectivity index (χ1) is 17.8. The second-order valence-corrected chi connectivity index (χ2v) is 11.2. The van der Waals surface area contributed by atoms with Gasteiger partial charge in [0.1, 0.15) is 10.6 Å². The van der Waals surface area contributed by atoms with Crippen molar-refractivity contribution in [2.24, 2.45) is 10.2 Å². The average molecular weight is 602 g/mol. The van der Waals surface area contributed by atoms with Crippen molar-refractivity contribution in [1.29, 1.82) is 0 Å². The fourth-order valence-corrected chi connectivity index (χ4v) is 4.92. The number of rotatable bonds is 6. The van der Waals surface area contributed by atoms with Crippen molar-refractivity contribution in [3.05, 3.63) is 83.4 Å². The van der Waals surface area contributed by atoms with E-state index in [9.17, 15) is 35.8 Å². The molecule has 2 radical (unpaired) electrons. The molecule has 4 aromatic rings. The van der Waals surface area contributed by atoms with Gasteiger partial charge in [-0.05, 0) is 66.8 Å². The summed E-state index contributed by atoms with van der Waals surface area (Å²) in [5.41, 5.74) is 1.18. The van der Waals surface area contributed by atoms with E-state index in [1.165, 1.54) is 12.1 Å². The number of phenols is 1. The normalized spacial score (nSPS) is 11.6. The third-order valence-electron chi connectivity index (χ3n) is 5.61. The first-order valence-corrected chi connectivity index (χ1v) is 13.8. The molecule has 0 bridgehead atoms. The van der Waals surface area contributed by atoms with E-state index in [0.29, 0.717) is 11.3 Å². The number of carbonyl (C=O) groups excluding carboxylic acids is 1. The molecule has 0 saturated heterocycles. The van der Waals surface area contributed by atoms with Gasteiger partial charge in [-0.2, -0.15) is 21.9 Å². The first kappa shape index (κ1) is 34.0. The molecule has 0 aromatic heterocycles. The van der Waals surface area contributed by atoms with E-state index in [1.54, 1.807) is 37.3 Å². The molecule has 198 valence electrons. The molecule has 0 fully saturated rings. The van der Waals surface area contributed by atoms with E-state index >= 15 is 0 Å². The van der Waals surface area contributed by atoms with Crippen LogP contribution < -0.4 is 5.32 Å². The van der Waals surface area contributed by atoms with Crippen LogP contribution in [0.4, 0.5) is 17.1 Å². The summed E-state index contributed by atoms with van der Waals surface area (Å²) in [6, 6.07) is 15.8. The molecule has 4 N–H and O–H groups in total. The number of nitrogens with one attached hydrogen (secondary N) is 1. The molecule has 0 aliphatic heterocycles. The fourth-order valence-electron chi connectivity index (χ4n) is 3.72. The SMILES string of the molecule is Cc1ccc(C)c(N=Nc2c(S(=O)(=O)O)cc3cc(S(=O)(=O)O)cc(NC(=O)c4ccccc4)c3c2O)c1.[Na].[Na]. The molecular weight excluding hydrogens is 580 g/mol. The molecule has 0 spiro atoms. The van der Waals surface area contributed by atoms with Gasteiger partial charge in [0.05, 0.1) is 16.3 Å². The maximum Gasteiger partial charge on any atom is 0.296 e. The zero-order chi connectivity index (χ0) is 27.8. The quantitative estimate of drug-likeness (QED) is 0.141. The number of hydrogen-bond acceptors (Lipinski definition) is 8. The first-order valence-electron chi connectivity index (χ1n) is 10.9. The van der Waals surface area contributed by atoms with Gasteiger partial charge in [-0.25, -0.2) is 0 Å². The Labute approximate surface area is 274 Å². The smallest absolute Gasteiger partial charge is 0.296 e. The van der Waals surface area contributed by atoms with Crippen LogP contribution in [0.3, 0.4) is 0 Å². The molecule has 0 aliphatic carbocycles. The molecule has 1 amide bonds. The van der Waals surface area contributed by atoms with Crippen LogP contribution in [0, 0.1) is 13.8 Å². The number of aromatic hydroxyl groups is 1. The van der Waals surface area contributed by atoms with Gasteiger partial charge in [-0.3, -0.25) is 13.9 Å². The van der Waals surface area contributed by atoms with E-state index in [2.05, 4.69) is 15.5 Å². The Morgan fingerprint density at radius 3 is 2.08 bits per heavy atom. The predicted octanol–water partition coefficient (Wildman–Crippen LogP) is 4.56. The maximum absolute atomic E-state index is 12.8. The molecule has 11 nitrogen and oxygen atoms in total. The number of amides is 1. The number of fused-ring (bicyclic) bond motifs is 1. The Morgan fingerprint density at radius 1 is 0.825 bits per heavy atom. The van der Waals surface area contributed by atoms with Crippen LogP contribution in [0.1, 0.15) is 21.5 Å². The minimum atomic E-state index is -5.01. The third-order valence-corrected chi connectivity index (χ3v) is 7.30. The topological polar surface area (TPSA) is 183 Å². The molecule has 0 heterocycles. The van der Waals surface area contributed by atoms with Gasteiger partial charge in [-0.1, -0.05) is 30.3 Å². The zero-order valence-electron chi connectivity index (χ0n) is 21.9.